The number of thiophene rings is 1. The Morgan fingerprint density at radius 3 is 2.55 bits per heavy atom. The van der Waals surface area contributed by atoms with Gasteiger partial charge in [0.05, 0.1) is 4.47 Å². The minimum Gasteiger partial charge on any atom is -0.312 e. The average Bonchev–Trinajstić information content (AvgIpc) is 2.83. The monoisotopic (exact) mass is 355 g/mol. The van der Waals surface area contributed by atoms with Gasteiger partial charge in [-0.2, -0.15) is 0 Å². The van der Waals surface area contributed by atoms with E-state index in [1.165, 1.54) is 9.75 Å². The van der Waals surface area contributed by atoms with Crippen LogP contribution in [0.5, 0.6) is 0 Å². The van der Waals surface area contributed by atoms with E-state index in [2.05, 4.69) is 47.2 Å². The third kappa shape index (κ3) is 3.13. The Labute approximate surface area is 132 Å². The lowest BCUT2D eigenvalue weighted by Gasteiger charge is -2.18. The van der Waals surface area contributed by atoms with Crippen LogP contribution in [0.15, 0.2) is 28.7 Å². The average molecular weight is 356 g/mol. The molecule has 0 spiro atoms. The first-order chi connectivity index (χ1) is 9.43. The van der Waals surface area contributed by atoms with Crippen LogP contribution < -0.4 is 5.32 Å². The minimum absolute atomic E-state index is 0.210. The number of rotatable bonds is 4. The van der Waals surface area contributed by atoms with Gasteiger partial charge in [0.15, 0.2) is 0 Å². The van der Waals surface area contributed by atoms with Gasteiger partial charge in [0.1, 0.15) is 5.82 Å². The van der Waals surface area contributed by atoms with Crippen LogP contribution in [0.4, 0.5) is 4.39 Å². The van der Waals surface area contributed by atoms with Crippen molar-refractivity contribution < 1.29 is 4.39 Å². The van der Waals surface area contributed by atoms with Gasteiger partial charge in [-0.3, -0.25) is 0 Å². The van der Waals surface area contributed by atoms with E-state index in [1.807, 2.05) is 20.0 Å². The van der Waals surface area contributed by atoms with Crippen molar-refractivity contribution in [2.75, 3.05) is 7.05 Å². The molecular weight excluding hydrogens is 337 g/mol. The molecule has 0 bridgehead atoms. The van der Waals surface area contributed by atoms with Gasteiger partial charge in [-0.15, -0.1) is 11.3 Å². The van der Waals surface area contributed by atoms with Gasteiger partial charge in [-0.05, 0) is 71.2 Å². The standard InChI is InChI=1S/C16H19BrFNS/c1-9(2)16(19-4)15-6-5-14(20-15)11-8-12(17)13(18)7-10(11)3/h5-9,16,19H,1-4H3. The van der Waals surface area contributed by atoms with Crippen molar-refractivity contribution in [3.63, 3.8) is 0 Å². The van der Waals surface area contributed by atoms with Gasteiger partial charge in [0.25, 0.3) is 0 Å². The summed E-state index contributed by atoms with van der Waals surface area (Å²) in [6.07, 6.45) is 0. The van der Waals surface area contributed by atoms with Gasteiger partial charge in [-0.25, -0.2) is 4.39 Å². The number of halogens is 2. The Morgan fingerprint density at radius 2 is 1.95 bits per heavy atom. The largest absolute Gasteiger partial charge is 0.312 e. The summed E-state index contributed by atoms with van der Waals surface area (Å²) in [4.78, 5) is 2.50. The van der Waals surface area contributed by atoms with E-state index in [4.69, 9.17) is 0 Å². The van der Waals surface area contributed by atoms with E-state index in [1.54, 1.807) is 17.4 Å². The highest BCUT2D eigenvalue weighted by Crippen LogP contribution is 2.37. The number of aryl methyl sites for hydroxylation is 1. The van der Waals surface area contributed by atoms with Gasteiger partial charge in [0.2, 0.25) is 0 Å². The van der Waals surface area contributed by atoms with Crippen LogP contribution in [0.2, 0.25) is 0 Å². The SMILES string of the molecule is CNC(c1ccc(-c2cc(Br)c(F)cc2C)s1)C(C)C. The zero-order valence-corrected chi connectivity index (χ0v) is 14.5. The second kappa shape index (κ2) is 6.37. The maximum absolute atomic E-state index is 13.5. The Morgan fingerprint density at radius 1 is 1.25 bits per heavy atom. The fourth-order valence-corrected chi connectivity index (χ4v) is 4.10. The van der Waals surface area contributed by atoms with E-state index in [0.29, 0.717) is 16.4 Å². The summed E-state index contributed by atoms with van der Waals surface area (Å²) in [6.45, 7) is 6.36. The second-order valence-corrected chi connectivity index (χ2v) is 7.26. The summed E-state index contributed by atoms with van der Waals surface area (Å²) in [5.41, 5.74) is 2.05. The van der Waals surface area contributed by atoms with Crippen LogP contribution in [0.25, 0.3) is 10.4 Å². The lowest BCUT2D eigenvalue weighted by Crippen LogP contribution is -2.20. The Kier molecular flexibility index (Phi) is 4.99. The third-order valence-electron chi connectivity index (χ3n) is 3.44. The molecule has 0 aliphatic heterocycles. The van der Waals surface area contributed by atoms with Crippen molar-refractivity contribution >= 4 is 27.3 Å². The van der Waals surface area contributed by atoms with Gasteiger partial charge in [-0.1, -0.05) is 13.8 Å². The molecule has 4 heteroatoms. The Bertz CT molecular complexity index is 607. The molecule has 1 unspecified atom stereocenters. The van der Waals surface area contributed by atoms with Crippen LogP contribution >= 0.6 is 27.3 Å². The maximum atomic E-state index is 13.5. The molecule has 1 aromatic carbocycles. The molecule has 1 N–H and O–H groups in total. The fraction of sp³-hybridized carbons (Fsp3) is 0.375. The third-order valence-corrected chi connectivity index (χ3v) is 5.25. The quantitative estimate of drug-likeness (QED) is 0.758. The molecule has 0 saturated carbocycles. The zero-order chi connectivity index (χ0) is 14.9. The molecule has 0 aliphatic carbocycles. The summed E-state index contributed by atoms with van der Waals surface area (Å²) in [6, 6.07) is 8.09. The Balaban J connectivity index is 2.41. The van der Waals surface area contributed by atoms with Crippen molar-refractivity contribution in [3.8, 4) is 10.4 Å². The van der Waals surface area contributed by atoms with Crippen molar-refractivity contribution in [1.29, 1.82) is 0 Å². The highest BCUT2D eigenvalue weighted by atomic mass is 79.9. The minimum atomic E-state index is -0.210. The Hall–Kier alpha value is -0.710. The van der Waals surface area contributed by atoms with Gasteiger partial charge in [0, 0.05) is 15.8 Å². The van der Waals surface area contributed by atoms with Crippen LogP contribution in [-0.2, 0) is 0 Å². The van der Waals surface area contributed by atoms with Crippen LogP contribution in [0.1, 0.15) is 30.3 Å². The zero-order valence-electron chi connectivity index (χ0n) is 12.1. The molecule has 108 valence electrons. The van der Waals surface area contributed by atoms with Crippen molar-refractivity contribution in [2.24, 2.45) is 5.92 Å². The molecule has 0 aliphatic rings. The summed E-state index contributed by atoms with van der Waals surface area (Å²) in [5, 5.41) is 3.36. The van der Waals surface area contributed by atoms with E-state index in [0.717, 1.165) is 11.1 Å². The summed E-state index contributed by atoms with van der Waals surface area (Å²) < 4.78 is 14.0. The number of benzene rings is 1. The summed E-state index contributed by atoms with van der Waals surface area (Å²) >= 11 is 5.04. The number of nitrogens with one attached hydrogen (secondary N) is 1. The van der Waals surface area contributed by atoms with Crippen molar-refractivity contribution in [1.82, 2.24) is 5.32 Å². The first-order valence-electron chi connectivity index (χ1n) is 6.67. The van der Waals surface area contributed by atoms with Crippen LogP contribution in [-0.4, -0.2) is 7.05 Å². The molecular formula is C16H19BrFNS. The van der Waals surface area contributed by atoms with Gasteiger partial charge >= 0.3 is 0 Å². The predicted molar refractivity (Wildman–Crippen MR) is 88.8 cm³/mol. The first kappa shape index (κ1) is 15.7. The smallest absolute Gasteiger partial charge is 0.137 e. The van der Waals surface area contributed by atoms with E-state index in [9.17, 15) is 4.39 Å². The fourth-order valence-electron chi connectivity index (χ4n) is 2.38. The molecule has 1 aromatic heterocycles. The van der Waals surface area contributed by atoms with E-state index in [-0.39, 0.29) is 5.82 Å². The molecule has 2 rings (SSSR count). The van der Waals surface area contributed by atoms with Gasteiger partial charge < -0.3 is 5.32 Å². The summed E-state index contributed by atoms with van der Waals surface area (Å²) in [5.74, 6) is 0.325. The van der Waals surface area contributed by atoms with Crippen LogP contribution in [0.3, 0.4) is 0 Å². The molecule has 0 saturated heterocycles. The van der Waals surface area contributed by atoms with E-state index < -0.39 is 0 Å². The molecule has 20 heavy (non-hydrogen) atoms. The molecule has 1 atom stereocenters. The topological polar surface area (TPSA) is 12.0 Å². The molecule has 2 aromatic rings. The molecule has 1 nitrogen and oxygen atoms in total. The molecule has 1 heterocycles. The molecule has 0 radical (unpaired) electrons. The molecule has 0 amide bonds. The first-order valence-corrected chi connectivity index (χ1v) is 8.28. The second-order valence-electron chi connectivity index (χ2n) is 5.29. The maximum Gasteiger partial charge on any atom is 0.137 e. The number of hydrogen-bond donors (Lipinski definition) is 1. The lowest BCUT2D eigenvalue weighted by molar-refractivity contribution is 0.449. The van der Waals surface area contributed by atoms with Crippen molar-refractivity contribution in [2.45, 2.75) is 26.8 Å². The lowest BCUT2D eigenvalue weighted by atomic mass is 10.0. The highest BCUT2D eigenvalue weighted by Gasteiger charge is 2.17. The predicted octanol–water partition coefficient (Wildman–Crippen LogP) is 5.54. The molecule has 0 fully saturated rings. The van der Waals surface area contributed by atoms with E-state index >= 15 is 0 Å². The normalized spacial score (nSPS) is 12.9. The van der Waals surface area contributed by atoms with Crippen molar-refractivity contribution in [3.05, 3.63) is 45.0 Å². The highest BCUT2D eigenvalue weighted by molar-refractivity contribution is 9.10. The van der Waals surface area contributed by atoms with Crippen LogP contribution in [0, 0.1) is 18.7 Å². The number of hydrogen-bond acceptors (Lipinski definition) is 2. The summed E-state index contributed by atoms with van der Waals surface area (Å²) in [7, 11) is 1.99.